The third-order valence-electron chi connectivity index (χ3n) is 8.67. The first kappa shape index (κ1) is 19.8. The number of nitrogens with one attached hydrogen (secondary N) is 2. The van der Waals surface area contributed by atoms with Crippen LogP contribution in [0.25, 0.3) is 0 Å². The first-order chi connectivity index (χ1) is 13.7. The number of hydrogen-bond acceptors (Lipinski definition) is 3. The van der Waals surface area contributed by atoms with Crippen LogP contribution in [0.4, 0.5) is 0 Å². The van der Waals surface area contributed by atoms with Crippen molar-refractivity contribution in [2.75, 3.05) is 6.54 Å². The van der Waals surface area contributed by atoms with E-state index in [9.17, 15) is 9.59 Å². The molecule has 4 saturated carbocycles. The second-order valence-corrected chi connectivity index (χ2v) is 12.1. The summed E-state index contributed by atoms with van der Waals surface area (Å²) >= 11 is 0. The van der Waals surface area contributed by atoms with Gasteiger partial charge in [-0.15, -0.1) is 0 Å². The standard InChI is InChI=1S/C24H39N3O2/c1-23(2,3)25-22(29)14-27-19-4-5-20(27)10-15(9-19)11-21(28)26-24-12-16-6-17(13-24)8-18(24)7-16/h15-20H,4-14H2,1-3H3,(H,25,29)(H,26,28)/t15-,16?,17?,18?,19+,20-,24?. The van der Waals surface area contributed by atoms with E-state index in [1.165, 1.54) is 44.9 Å². The molecule has 2 heterocycles. The lowest BCUT2D eigenvalue weighted by atomic mass is 9.80. The van der Waals surface area contributed by atoms with Crippen LogP contribution in [0.5, 0.6) is 0 Å². The van der Waals surface area contributed by atoms with Crippen molar-refractivity contribution in [3.05, 3.63) is 0 Å². The van der Waals surface area contributed by atoms with E-state index in [0.29, 0.717) is 36.9 Å². The van der Waals surface area contributed by atoms with Gasteiger partial charge in [-0.3, -0.25) is 14.5 Å². The first-order valence-corrected chi connectivity index (χ1v) is 12.1. The van der Waals surface area contributed by atoms with Gasteiger partial charge in [0.25, 0.3) is 0 Å². The average Bonchev–Trinajstić information content (AvgIpc) is 3.05. The molecule has 5 atom stereocenters. The molecule has 6 rings (SSSR count). The van der Waals surface area contributed by atoms with Crippen LogP contribution in [0.3, 0.4) is 0 Å². The number of nitrogens with zero attached hydrogens (tertiary/aromatic N) is 1. The van der Waals surface area contributed by atoms with E-state index in [-0.39, 0.29) is 17.0 Å². The smallest absolute Gasteiger partial charge is 0.234 e. The molecule has 29 heavy (non-hydrogen) atoms. The Hall–Kier alpha value is -1.10. The van der Waals surface area contributed by atoms with Gasteiger partial charge in [0.2, 0.25) is 11.8 Å². The third kappa shape index (κ3) is 3.84. The number of rotatable bonds is 5. The summed E-state index contributed by atoms with van der Waals surface area (Å²) in [6.07, 6.45) is 11.8. The molecule has 6 bridgehead atoms. The molecule has 5 heteroatoms. The fourth-order valence-corrected chi connectivity index (χ4v) is 8.03. The van der Waals surface area contributed by atoms with Crippen molar-refractivity contribution < 1.29 is 9.59 Å². The normalized spacial score (nSPS) is 43.0. The predicted molar refractivity (Wildman–Crippen MR) is 113 cm³/mol. The largest absolute Gasteiger partial charge is 0.350 e. The number of carbonyl (C=O) groups excluding carboxylic acids is 2. The molecule has 6 fully saturated rings. The van der Waals surface area contributed by atoms with Crippen molar-refractivity contribution in [3.8, 4) is 0 Å². The maximum atomic E-state index is 13.0. The summed E-state index contributed by atoms with van der Waals surface area (Å²) in [5.74, 6) is 3.45. The van der Waals surface area contributed by atoms with Gasteiger partial charge >= 0.3 is 0 Å². The van der Waals surface area contributed by atoms with Crippen molar-refractivity contribution in [1.82, 2.24) is 15.5 Å². The molecular weight excluding hydrogens is 362 g/mol. The summed E-state index contributed by atoms with van der Waals surface area (Å²) in [5.41, 5.74) is -0.0136. The van der Waals surface area contributed by atoms with Crippen molar-refractivity contribution in [2.24, 2.45) is 23.7 Å². The summed E-state index contributed by atoms with van der Waals surface area (Å²) in [4.78, 5) is 27.8. The highest BCUT2D eigenvalue weighted by molar-refractivity contribution is 5.79. The average molecular weight is 402 g/mol. The molecule has 0 spiro atoms. The molecule has 2 saturated heterocycles. The predicted octanol–water partition coefficient (Wildman–Crippen LogP) is 3.23. The molecule has 5 nitrogen and oxygen atoms in total. The molecule has 0 aromatic carbocycles. The van der Waals surface area contributed by atoms with Gasteiger partial charge in [-0.1, -0.05) is 0 Å². The summed E-state index contributed by atoms with van der Waals surface area (Å²) in [7, 11) is 0. The van der Waals surface area contributed by atoms with Gasteiger partial charge < -0.3 is 10.6 Å². The topological polar surface area (TPSA) is 61.4 Å². The van der Waals surface area contributed by atoms with E-state index >= 15 is 0 Å². The van der Waals surface area contributed by atoms with Gasteiger partial charge in [-0.2, -0.15) is 0 Å². The lowest BCUT2D eigenvalue weighted by molar-refractivity contribution is -0.127. The zero-order valence-electron chi connectivity index (χ0n) is 18.5. The van der Waals surface area contributed by atoms with Gasteiger partial charge in [0.1, 0.15) is 0 Å². The van der Waals surface area contributed by atoms with Gasteiger partial charge in [-0.05, 0) is 102 Å². The van der Waals surface area contributed by atoms with E-state index in [1.807, 2.05) is 20.8 Å². The van der Waals surface area contributed by atoms with E-state index in [2.05, 4.69) is 15.5 Å². The maximum absolute atomic E-state index is 13.0. The highest BCUT2D eigenvalue weighted by atomic mass is 16.2. The Bertz CT molecular complexity index is 656. The summed E-state index contributed by atoms with van der Waals surface area (Å²) in [6.45, 7) is 6.62. The van der Waals surface area contributed by atoms with Crippen LogP contribution in [0.1, 0.15) is 85.0 Å². The van der Waals surface area contributed by atoms with E-state index in [4.69, 9.17) is 0 Å². The van der Waals surface area contributed by atoms with Gasteiger partial charge in [0.05, 0.1) is 6.54 Å². The fraction of sp³-hybridized carbons (Fsp3) is 0.917. The minimum absolute atomic E-state index is 0.136. The highest BCUT2D eigenvalue weighted by Gasteiger charge is 2.58. The molecule has 0 aromatic heterocycles. The van der Waals surface area contributed by atoms with Crippen LogP contribution >= 0.6 is 0 Å². The number of piperidine rings is 1. The van der Waals surface area contributed by atoms with E-state index < -0.39 is 0 Å². The molecule has 4 aliphatic carbocycles. The molecule has 2 N–H and O–H groups in total. The Balaban J connectivity index is 1.14. The van der Waals surface area contributed by atoms with Crippen LogP contribution in [0.2, 0.25) is 0 Å². The number of hydrogen-bond donors (Lipinski definition) is 2. The Morgan fingerprint density at radius 3 is 2.14 bits per heavy atom. The molecule has 2 aliphatic heterocycles. The summed E-state index contributed by atoms with van der Waals surface area (Å²) in [5, 5.41) is 6.67. The molecule has 6 aliphatic rings. The van der Waals surface area contributed by atoms with Gasteiger partial charge in [0.15, 0.2) is 0 Å². The SMILES string of the molecule is CC(C)(C)NC(=O)CN1[C@@H]2CC[C@H]1C[C@@H](CC(=O)NC13CC4CC(CC1C4)C3)C2. The van der Waals surface area contributed by atoms with Crippen molar-refractivity contribution >= 4 is 11.8 Å². The first-order valence-electron chi connectivity index (χ1n) is 12.1. The zero-order valence-corrected chi connectivity index (χ0v) is 18.5. The van der Waals surface area contributed by atoms with Crippen molar-refractivity contribution in [2.45, 2.75) is 108 Å². The van der Waals surface area contributed by atoms with Crippen LogP contribution < -0.4 is 10.6 Å². The molecule has 0 radical (unpaired) electrons. The molecule has 162 valence electrons. The Morgan fingerprint density at radius 2 is 1.55 bits per heavy atom. The Kier molecular flexibility index (Phi) is 4.76. The highest BCUT2D eigenvalue weighted by Crippen LogP contribution is 2.60. The van der Waals surface area contributed by atoms with E-state index in [0.717, 1.165) is 30.6 Å². The molecule has 0 aromatic rings. The van der Waals surface area contributed by atoms with Crippen LogP contribution in [0, 0.1) is 23.7 Å². The number of fused-ring (bicyclic) bond motifs is 2. The maximum Gasteiger partial charge on any atom is 0.234 e. The third-order valence-corrected chi connectivity index (χ3v) is 8.67. The quantitative estimate of drug-likeness (QED) is 0.743. The lowest BCUT2D eigenvalue weighted by Gasteiger charge is -2.39. The fourth-order valence-electron chi connectivity index (χ4n) is 8.03. The Labute approximate surface area is 175 Å². The lowest BCUT2D eigenvalue weighted by Crippen LogP contribution is -2.52. The van der Waals surface area contributed by atoms with Crippen LogP contribution in [-0.4, -0.2) is 46.4 Å². The molecule has 2 amide bonds. The second-order valence-electron chi connectivity index (χ2n) is 12.1. The van der Waals surface area contributed by atoms with Crippen molar-refractivity contribution in [3.63, 3.8) is 0 Å². The minimum Gasteiger partial charge on any atom is -0.350 e. The summed E-state index contributed by atoms with van der Waals surface area (Å²) < 4.78 is 0. The molecule has 2 unspecified atom stereocenters. The van der Waals surface area contributed by atoms with E-state index in [1.54, 1.807) is 0 Å². The second kappa shape index (κ2) is 6.96. The van der Waals surface area contributed by atoms with Crippen LogP contribution in [-0.2, 0) is 9.59 Å². The molecular formula is C24H39N3O2. The van der Waals surface area contributed by atoms with Crippen LogP contribution in [0.15, 0.2) is 0 Å². The number of carbonyl (C=O) groups is 2. The summed E-state index contributed by atoms with van der Waals surface area (Å²) in [6, 6.07) is 0.961. The minimum atomic E-state index is -0.176. The van der Waals surface area contributed by atoms with Crippen molar-refractivity contribution in [1.29, 1.82) is 0 Å². The van der Waals surface area contributed by atoms with Gasteiger partial charge in [-0.25, -0.2) is 0 Å². The monoisotopic (exact) mass is 401 g/mol. The zero-order chi connectivity index (χ0) is 20.4. The Morgan fingerprint density at radius 1 is 0.931 bits per heavy atom. The number of amides is 2. The van der Waals surface area contributed by atoms with Gasteiger partial charge in [0, 0.05) is 29.6 Å².